The highest BCUT2D eigenvalue weighted by atomic mass is 16.1. The highest BCUT2D eigenvalue weighted by Gasteiger charge is 2.24. The van der Waals surface area contributed by atoms with E-state index in [0.29, 0.717) is 29.6 Å². The van der Waals surface area contributed by atoms with E-state index in [0.717, 1.165) is 25.2 Å². The summed E-state index contributed by atoms with van der Waals surface area (Å²) in [6.07, 6.45) is 7.00. The first-order valence-corrected chi connectivity index (χ1v) is 9.43. The van der Waals surface area contributed by atoms with Gasteiger partial charge in [0.2, 0.25) is 0 Å². The monoisotopic (exact) mass is 343 g/mol. The van der Waals surface area contributed by atoms with E-state index in [1.54, 1.807) is 6.20 Å². The molecule has 25 heavy (non-hydrogen) atoms. The van der Waals surface area contributed by atoms with Gasteiger partial charge >= 0.3 is 0 Å². The van der Waals surface area contributed by atoms with Crippen molar-refractivity contribution >= 4 is 11.6 Å². The molecule has 1 aliphatic rings. The lowest BCUT2D eigenvalue weighted by atomic mass is 9.94. The summed E-state index contributed by atoms with van der Waals surface area (Å²) in [6, 6.07) is 2.05. The maximum Gasteiger partial charge on any atom is 0.256 e. The van der Waals surface area contributed by atoms with Crippen LogP contribution in [0, 0.1) is 5.92 Å². The molecule has 6 heteroatoms. The summed E-state index contributed by atoms with van der Waals surface area (Å²) < 4.78 is 1.87. The minimum Gasteiger partial charge on any atom is -0.352 e. The first kappa shape index (κ1) is 17.9. The minimum atomic E-state index is -0.0930. The minimum absolute atomic E-state index is 0.0930. The fourth-order valence-corrected chi connectivity index (χ4v) is 3.59. The molecular formula is C19H29N5O. The van der Waals surface area contributed by atoms with Gasteiger partial charge in [-0.15, -0.1) is 0 Å². The molecular weight excluding hydrogens is 314 g/mol. The number of nitrogens with one attached hydrogen (secondary N) is 1. The van der Waals surface area contributed by atoms with Crippen LogP contribution >= 0.6 is 0 Å². The van der Waals surface area contributed by atoms with Crippen molar-refractivity contribution in [2.45, 2.75) is 46.0 Å². The predicted molar refractivity (Wildman–Crippen MR) is 98.9 cm³/mol. The number of nitrogens with zero attached hydrogens (tertiary/aromatic N) is 4. The highest BCUT2D eigenvalue weighted by molar-refractivity contribution is 5.99. The number of fused-ring (bicyclic) bond motifs is 1. The van der Waals surface area contributed by atoms with E-state index in [9.17, 15) is 4.79 Å². The number of amides is 1. The standard InChI is InChI=1S/C19H29N5O/c1-4-9-23-10-5-6-15(13-23)17-7-8-20-18-16(12-22-24(17)18)19(25)21-11-14(2)3/h7-8,12,14-15H,4-6,9-11,13H2,1-3H3,(H,21,25)/t15-/m0/s1. The molecule has 0 bridgehead atoms. The largest absolute Gasteiger partial charge is 0.352 e. The van der Waals surface area contributed by atoms with Crippen molar-refractivity contribution in [3.05, 3.63) is 29.7 Å². The van der Waals surface area contributed by atoms with E-state index in [-0.39, 0.29) is 5.91 Å². The summed E-state index contributed by atoms with van der Waals surface area (Å²) >= 11 is 0. The lowest BCUT2D eigenvalue weighted by Gasteiger charge is -2.32. The number of piperidine rings is 1. The van der Waals surface area contributed by atoms with Gasteiger partial charge in [0.15, 0.2) is 5.65 Å². The molecule has 6 nitrogen and oxygen atoms in total. The molecule has 0 unspecified atom stereocenters. The Kier molecular flexibility index (Phi) is 5.68. The van der Waals surface area contributed by atoms with Crippen LogP contribution < -0.4 is 5.32 Å². The zero-order chi connectivity index (χ0) is 17.8. The Balaban J connectivity index is 1.84. The number of likely N-dealkylation sites (tertiary alicyclic amines) is 1. The molecule has 1 amide bonds. The van der Waals surface area contributed by atoms with Gasteiger partial charge in [0.25, 0.3) is 5.91 Å². The van der Waals surface area contributed by atoms with Crippen LogP contribution in [-0.4, -0.2) is 51.6 Å². The Morgan fingerprint density at radius 3 is 3.04 bits per heavy atom. The van der Waals surface area contributed by atoms with Crippen molar-refractivity contribution in [3.8, 4) is 0 Å². The molecule has 2 aromatic rings. The van der Waals surface area contributed by atoms with Crippen molar-refractivity contribution in [2.75, 3.05) is 26.2 Å². The third-order valence-electron chi connectivity index (χ3n) is 4.81. The highest BCUT2D eigenvalue weighted by Crippen LogP contribution is 2.27. The van der Waals surface area contributed by atoms with Gasteiger partial charge in [-0.25, -0.2) is 9.50 Å². The van der Waals surface area contributed by atoms with Crippen LogP contribution in [0.15, 0.2) is 18.5 Å². The van der Waals surface area contributed by atoms with Crippen LogP contribution in [0.4, 0.5) is 0 Å². The molecule has 0 aromatic carbocycles. The number of hydrogen-bond acceptors (Lipinski definition) is 4. The van der Waals surface area contributed by atoms with Crippen molar-refractivity contribution in [3.63, 3.8) is 0 Å². The summed E-state index contributed by atoms with van der Waals surface area (Å²) in [6.45, 7) is 10.4. The molecule has 3 heterocycles. The summed E-state index contributed by atoms with van der Waals surface area (Å²) in [4.78, 5) is 19.4. The summed E-state index contributed by atoms with van der Waals surface area (Å²) in [5.74, 6) is 0.767. The number of aromatic nitrogens is 3. The van der Waals surface area contributed by atoms with Crippen molar-refractivity contribution in [2.24, 2.45) is 5.92 Å². The van der Waals surface area contributed by atoms with Crippen LogP contribution in [-0.2, 0) is 0 Å². The molecule has 0 saturated carbocycles. The average molecular weight is 343 g/mol. The second-order valence-electron chi connectivity index (χ2n) is 7.41. The molecule has 136 valence electrons. The van der Waals surface area contributed by atoms with Gasteiger partial charge in [-0.2, -0.15) is 5.10 Å². The second kappa shape index (κ2) is 7.95. The van der Waals surface area contributed by atoms with Crippen LogP contribution in [0.3, 0.4) is 0 Å². The van der Waals surface area contributed by atoms with Crippen molar-refractivity contribution < 1.29 is 4.79 Å². The molecule has 3 rings (SSSR count). The molecule has 1 atom stereocenters. The second-order valence-corrected chi connectivity index (χ2v) is 7.41. The molecule has 1 N–H and O–H groups in total. The Morgan fingerprint density at radius 1 is 1.44 bits per heavy atom. The molecule has 1 saturated heterocycles. The van der Waals surface area contributed by atoms with Crippen LogP contribution in [0.5, 0.6) is 0 Å². The fraction of sp³-hybridized carbons (Fsp3) is 0.632. The first-order valence-electron chi connectivity index (χ1n) is 9.43. The Bertz CT molecular complexity index is 722. The quantitative estimate of drug-likeness (QED) is 0.876. The van der Waals surface area contributed by atoms with E-state index in [2.05, 4.69) is 47.1 Å². The summed E-state index contributed by atoms with van der Waals surface area (Å²) in [5.41, 5.74) is 2.38. The first-order chi connectivity index (χ1) is 12.1. The summed E-state index contributed by atoms with van der Waals surface area (Å²) in [7, 11) is 0. The molecule has 0 aliphatic carbocycles. The molecule has 1 aliphatic heterocycles. The summed E-state index contributed by atoms with van der Waals surface area (Å²) in [5, 5.41) is 7.45. The normalized spacial score (nSPS) is 18.8. The van der Waals surface area contributed by atoms with E-state index in [1.807, 2.05) is 10.7 Å². The zero-order valence-corrected chi connectivity index (χ0v) is 15.5. The Morgan fingerprint density at radius 2 is 2.28 bits per heavy atom. The van der Waals surface area contributed by atoms with Gasteiger partial charge in [-0.1, -0.05) is 20.8 Å². The van der Waals surface area contributed by atoms with E-state index >= 15 is 0 Å². The maximum absolute atomic E-state index is 12.4. The van der Waals surface area contributed by atoms with E-state index < -0.39 is 0 Å². The average Bonchev–Trinajstić information content (AvgIpc) is 3.04. The maximum atomic E-state index is 12.4. The van der Waals surface area contributed by atoms with E-state index in [4.69, 9.17) is 0 Å². The van der Waals surface area contributed by atoms with Gasteiger partial charge in [0.05, 0.1) is 11.9 Å². The van der Waals surface area contributed by atoms with Gasteiger partial charge in [-0.05, 0) is 44.3 Å². The predicted octanol–water partition coefficient (Wildman–Crippen LogP) is 2.70. The Hall–Kier alpha value is -1.95. The third-order valence-corrected chi connectivity index (χ3v) is 4.81. The molecule has 0 radical (unpaired) electrons. The fourth-order valence-electron chi connectivity index (χ4n) is 3.59. The van der Waals surface area contributed by atoms with Crippen LogP contribution in [0.25, 0.3) is 5.65 Å². The molecule has 1 fully saturated rings. The van der Waals surface area contributed by atoms with Gasteiger partial charge in [-0.3, -0.25) is 4.79 Å². The number of hydrogen-bond donors (Lipinski definition) is 1. The lowest BCUT2D eigenvalue weighted by molar-refractivity contribution is 0.0950. The zero-order valence-electron chi connectivity index (χ0n) is 15.5. The third kappa shape index (κ3) is 4.00. The Labute approximate surface area is 149 Å². The van der Waals surface area contributed by atoms with E-state index in [1.165, 1.54) is 19.4 Å². The van der Waals surface area contributed by atoms with Crippen LogP contribution in [0.1, 0.15) is 62.0 Å². The molecule has 0 spiro atoms. The topological polar surface area (TPSA) is 62.5 Å². The smallest absolute Gasteiger partial charge is 0.256 e. The van der Waals surface area contributed by atoms with Gasteiger partial charge < -0.3 is 10.2 Å². The number of carbonyl (C=O) groups excluding carboxylic acids is 1. The van der Waals surface area contributed by atoms with Gasteiger partial charge in [0, 0.05) is 25.2 Å². The number of carbonyl (C=O) groups is 1. The van der Waals surface area contributed by atoms with Crippen LogP contribution in [0.2, 0.25) is 0 Å². The SMILES string of the molecule is CCCN1CCC[C@H](c2ccnc3c(C(=O)NCC(C)C)cnn23)C1. The number of rotatable bonds is 6. The van der Waals surface area contributed by atoms with Crippen molar-refractivity contribution in [1.82, 2.24) is 24.8 Å². The molecule has 2 aromatic heterocycles. The van der Waals surface area contributed by atoms with Gasteiger partial charge in [0.1, 0.15) is 5.56 Å². The van der Waals surface area contributed by atoms with Crippen molar-refractivity contribution in [1.29, 1.82) is 0 Å². The lowest BCUT2D eigenvalue weighted by Crippen LogP contribution is -2.35.